The van der Waals surface area contributed by atoms with Crippen molar-refractivity contribution in [3.8, 4) is 6.01 Å². The van der Waals surface area contributed by atoms with Crippen molar-refractivity contribution in [1.29, 1.82) is 0 Å². The number of aliphatic hydroxyl groups excluding tert-OH is 3. The molecule has 1 aromatic heterocycles. The fourth-order valence-electron chi connectivity index (χ4n) is 1.90. The third-order valence-corrected chi connectivity index (χ3v) is 3.87. The highest BCUT2D eigenvalue weighted by molar-refractivity contribution is 9.10. The second-order valence-corrected chi connectivity index (χ2v) is 5.37. The summed E-state index contributed by atoms with van der Waals surface area (Å²) in [6.07, 6.45) is -4.93. The molecule has 21 heavy (non-hydrogen) atoms. The van der Waals surface area contributed by atoms with E-state index in [1.54, 1.807) is 0 Å². The molecule has 4 N–H and O–H groups in total. The van der Waals surface area contributed by atoms with Gasteiger partial charge in [0.2, 0.25) is 0 Å². The van der Waals surface area contributed by atoms with Crippen LogP contribution >= 0.6 is 15.9 Å². The van der Waals surface area contributed by atoms with E-state index in [2.05, 4.69) is 26.2 Å². The molecule has 118 valence electrons. The third-order valence-electron chi connectivity index (χ3n) is 3.16. The van der Waals surface area contributed by atoms with Gasteiger partial charge in [-0.05, 0) is 15.9 Å². The summed E-state index contributed by atoms with van der Waals surface area (Å²) in [7, 11) is 2.86. The molecule has 1 aliphatic heterocycles. The number of nitrogens with one attached hydrogen (secondary N) is 1. The Morgan fingerprint density at radius 2 is 2.10 bits per heavy atom. The van der Waals surface area contributed by atoms with Crippen LogP contribution in [0.3, 0.4) is 0 Å². The molecule has 0 spiro atoms. The molecule has 2 rings (SSSR count). The molecule has 1 fully saturated rings. The minimum Gasteiger partial charge on any atom is -0.468 e. The molecule has 4 atom stereocenters. The molecular formula is C11H16BrN3O6. The summed E-state index contributed by atoms with van der Waals surface area (Å²) < 4.78 is 11.5. The van der Waals surface area contributed by atoms with Crippen LogP contribution in [0.2, 0.25) is 0 Å². The number of rotatable bonds is 3. The maximum Gasteiger partial charge on any atom is 0.300 e. The SMILES string of the molecule is COc1nc(NC2OCC(O)C(O)C2O)c(Br)c(=O)n1C. The minimum atomic E-state index is -1.38. The second kappa shape index (κ2) is 6.28. The smallest absolute Gasteiger partial charge is 0.300 e. The van der Waals surface area contributed by atoms with Crippen molar-refractivity contribution < 1.29 is 24.8 Å². The lowest BCUT2D eigenvalue weighted by Crippen LogP contribution is -2.55. The zero-order valence-electron chi connectivity index (χ0n) is 11.4. The first-order chi connectivity index (χ1) is 9.86. The van der Waals surface area contributed by atoms with Crippen LogP contribution in [-0.2, 0) is 11.8 Å². The summed E-state index contributed by atoms with van der Waals surface area (Å²) >= 11 is 3.11. The third kappa shape index (κ3) is 3.04. The highest BCUT2D eigenvalue weighted by Crippen LogP contribution is 2.23. The summed E-state index contributed by atoms with van der Waals surface area (Å²) in [6.45, 7) is -0.157. The molecule has 1 saturated heterocycles. The van der Waals surface area contributed by atoms with E-state index in [1.165, 1.54) is 18.7 Å². The van der Waals surface area contributed by atoms with Crippen molar-refractivity contribution >= 4 is 21.7 Å². The number of aliphatic hydroxyl groups is 3. The van der Waals surface area contributed by atoms with Gasteiger partial charge < -0.3 is 30.1 Å². The van der Waals surface area contributed by atoms with Gasteiger partial charge in [-0.1, -0.05) is 0 Å². The van der Waals surface area contributed by atoms with Crippen LogP contribution in [0, 0.1) is 0 Å². The molecule has 0 amide bonds. The number of aromatic nitrogens is 2. The zero-order valence-corrected chi connectivity index (χ0v) is 12.9. The van der Waals surface area contributed by atoms with Gasteiger partial charge in [0.05, 0.1) is 13.7 Å². The number of halogens is 1. The van der Waals surface area contributed by atoms with Crippen LogP contribution in [0.5, 0.6) is 6.01 Å². The predicted octanol–water partition coefficient (Wildman–Crippen LogP) is -1.60. The standard InChI is InChI=1S/C11H16BrN3O6/c1-15-10(19)5(12)8(14-11(15)20-2)13-9-7(18)6(17)4(16)3-21-9/h4,6-7,9,13,16-18H,3H2,1-2H3. The summed E-state index contributed by atoms with van der Waals surface area (Å²) in [5.41, 5.74) is -0.393. The van der Waals surface area contributed by atoms with Crippen molar-refractivity contribution in [3.63, 3.8) is 0 Å². The van der Waals surface area contributed by atoms with E-state index < -0.39 is 30.1 Å². The Bertz CT molecular complexity index is 580. The number of nitrogens with zero attached hydrogens (tertiary/aromatic N) is 2. The van der Waals surface area contributed by atoms with E-state index in [1.807, 2.05) is 0 Å². The Balaban J connectivity index is 2.28. The Hall–Kier alpha value is -1.20. The zero-order chi connectivity index (χ0) is 15.7. The number of hydrogen-bond donors (Lipinski definition) is 4. The van der Waals surface area contributed by atoms with Crippen molar-refractivity contribution in [2.45, 2.75) is 24.5 Å². The highest BCUT2D eigenvalue weighted by atomic mass is 79.9. The molecule has 0 bridgehead atoms. The Labute approximate surface area is 128 Å². The predicted molar refractivity (Wildman–Crippen MR) is 75.1 cm³/mol. The van der Waals surface area contributed by atoms with Crippen molar-refractivity contribution in [2.75, 3.05) is 19.0 Å². The van der Waals surface area contributed by atoms with Crippen LogP contribution < -0.4 is 15.6 Å². The average molecular weight is 366 g/mol. The molecule has 9 nitrogen and oxygen atoms in total. The van der Waals surface area contributed by atoms with Crippen LogP contribution in [0.25, 0.3) is 0 Å². The first kappa shape index (κ1) is 16.2. The quantitative estimate of drug-likeness (QED) is 0.504. The van der Waals surface area contributed by atoms with E-state index in [9.17, 15) is 20.1 Å². The maximum atomic E-state index is 12.0. The average Bonchev–Trinajstić information content (AvgIpc) is 2.48. The summed E-state index contributed by atoms with van der Waals surface area (Å²) in [6, 6.07) is 0.0663. The summed E-state index contributed by atoms with van der Waals surface area (Å²) in [5.74, 6) is 0.0996. The fraction of sp³-hybridized carbons (Fsp3) is 0.636. The van der Waals surface area contributed by atoms with Crippen LogP contribution in [0.4, 0.5) is 5.82 Å². The van der Waals surface area contributed by atoms with Gasteiger partial charge in [-0.3, -0.25) is 9.36 Å². The van der Waals surface area contributed by atoms with Gasteiger partial charge in [-0.15, -0.1) is 0 Å². The maximum absolute atomic E-state index is 12.0. The van der Waals surface area contributed by atoms with Crippen molar-refractivity contribution in [2.24, 2.45) is 7.05 Å². The van der Waals surface area contributed by atoms with E-state index in [0.29, 0.717) is 0 Å². The molecule has 2 heterocycles. The van der Waals surface area contributed by atoms with Gasteiger partial charge >= 0.3 is 6.01 Å². The Morgan fingerprint density at radius 3 is 2.71 bits per heavy atom. The largest absolute Gasteiger partial charge is 0.468 e. The van der Waals surface area contributed by atoms with Gasteiger partial charge in [0.25, 0.3) is 5.56 Å². The number of hydrogen-bond acceptors (Lipinski definition) is 8. The fourth-order valence-corrected chi connectivity index (χ4v) is 2.37. The lowest BCUT2D eigenvalue weighted by Gasteiger charge is -2.35. The first-order valence-electron chi connectivity index (χ1n) is 6.09. The molecular weight excluding hydrogens is 350 g/mol. The minimum absolute atomic E-state index is 0.0663. The highest BCUT2D eigenvalue weighted by Gasteiger charge is 2.38. The van der Waals surface area contributed by atoms with E-state index in [4.69, 9.17) is 9.47 Å². The number of anilines is 1. The molecule has 1 aliphatic rings. The van der Waals surface area contributed by atoms with E-state index in [-0.39, 0.29) is 22.9 Å². The number of methoxy groups -OCH3 is 1. The van der Waals surface area contributed by atoms with Gasteiger partial charge in [-0.2, -0.15) is 4.98 Å². The topological polar surface area (TPSA) is 126 Å². The molecule has 0 saturated carbocycles. The van der Waals surface area contributed by atoms with Crippen molar-refractivity contribution in [3.05, 3.63) is 14.8 Å². The number of ether oxygens (including phenoxy) is 2. The van der Waals surface area contributed by atoms with Gasteiger partial charge in [0.1, 0.15) is 22.8 Å². The summed E-state index contributed by atoms with van der Waals surface area (Å²) in [5, 5.41) is 31.6. The molecule has 0 radical (unpaired) electrons. The molecule has 1 aromatic rings. The Morgan fingerprint density at radius 1 is 1.43 bits per heavy atom. The van der Waals surface area contributed by atoms with Crippen LogP contribution in [-0.4, -0.2) is 63.1 Å². The molecule has 0 aliphatic carbocycles. The molecule has 10 heteroatoms. The van der Waals surface area contributed by atoms with Crippen LogP contribution in [0.15, 0.2) is 9.27 Å². The Kier molecular flexibility index (Phi) is 4.84. The molecule has 4 unspecified atom stereocenters. The monoisotopic (exact) mass is 365 g/mol. The second-order valence-electron chi connectivity index (χ2n) is 4.57. The van der Waals surface area contributed by atoms with E-state index in [0.717, 1.165) is 0 Å². The normalized spacial score (nSPS) is 29.2. The lowest BCUT2D eigenvalue weighted by molar-refractivity contribution is -0.178. The van der Waals surface area contributed by atoms with Crippen molar-refractivity contribution in [1.82, 2.24) is 9.55 Å². The van der Waals surface area contributed by atoms with Gasteiger partial charge in [0.15, 0.2) is 12.0 Å². The molecule has 0 aromatic carbocycles. The van der Waals surface area contributed by atoms with E-state index >= 15 is 0 Å². The first-order valence-corrected chi connectivity index (χ1v) is 6.89. The lowest BCUT2D eigenvalue weighted by atomic mass is 10.0. The van der Waals surface area contributed by atoms with Gasteiger partial charge in [0, 0.05) is 7.05 Å². The van der Waals surface area contributed by atoms with Gasteiger partial charge in [-0.25, -0.2) is 0 Å². The van der Waals surface area contributed by atoms with Crippen LogP contribution in [0.1, 0.15) is 0 Å². The summed E-state index contributed by atoms with van der Waals surface area (Å²) in [4.78, 5) is 16.0.